The fourth-order valence-corrected chi connectivity index (χ4v) is 3.47. The molecule has 0 radical (unpaired) electrons. The minimum absolute atomic E-state index is 0.130. The summed E-state index contributed by atoms with van der Waals surface area (Å²) in [5.74, 6) is 0.130. The van der Waals surface area contributed by atoms with Crippen LogP contribution in [0.4, 0.5) is 0 Å². The van der Waals surface area contributed by atoms with Gasteiger partial charge in [-0.3, -0.25) is 9.69 Å². The Balaban J connectivity index is 1.49. The van der Waals surface area contributed by atoms with E-state index in [9.17, 15) is 9.90 Å². The summed E-state index contributed by atoms with van der Waals surface area (Å²) >= 11 is 0. The number of piperidine rings is 1. The number of hydrogen-bond donors (Lipinski definition) is 2. The zero-order valence-corrected chi connectivity index (χ0v) is 12.4. The van der Waals surface area contributed by atoms with E-state index in [2.05, 4.69) is 34.5 Å². The van der Waals surface area contributed by atoms with E-state index < -0.39 is 0 Å². The molecule has 0 aliphatic carbocycles. The van der Waals surface area contributed by atoms with Gasteiger partial charge in [0.15, 0.2) is 0 Å². The lowest BCUT2D eigenvalue weighted by Gasteiger charge is -2.32. The van der Waals surface area contributed by atoms with Crippen LogP contribution in [0.5, 0.6) is 0 Å². The van der Waals surface area contributed by atoms with Crippen LogP contribution in [0.15, 0.2) is 24.3 Å². The van der Waals surface area contributed by atoms with Crippen molar-refractivity contribution in [3.63, 3.8) is 0 Å². The number of β-amino-alcohol motifs (C(OH)–C–C–N with tert-alkyl or cyclic N) is 1. The van der Waals surface area contributed by atoms with Crippen LogP contribution < -0.4 is 5.32 Å². The summed E-state index contributed by atoms with van der Waals surface area (Å²) in [6.07, 6.45) is 3.94. The molecule has 1 amide bonds. The molecule has 4 nitrogen and oxygen atoms in total. The number of carbonyl (C=O) groups excluding carboxylic acids is 1. The SMILES string of the molecule is O=C1CCCC(CC(O)CN2CCc3ccccc3C2)N1. The number of rotatable bonds is 4. The van der Waals surface area contributed by atoms with Gasteiger partial charge in [0.05, 0.1) is 6.10 Å². The van der Waals surface area contributed by atoms with Gasteiger partial charge >= 0.3 is 0 Å². The Morgan fingerprint density at radius 1 is 1.29 bits per heavy atom. The molecule has 0 bridgehead atoms. The van der Waals surface area contributed by atoms with Gasteiger partial charge in [-0.1, -0.05) is 24.3 Å². The highest BCUT2D eigenvalue weighted by Crippen LogP contribution is 2.20. The Kier molecular flexibility index (Phi) is 4.56. The molecule has 1 aromatic carbocycles. The standard InChI is InChI=1S/C17H24N2O2/c20-16(10-15-6-3-7-17(21)18-15)12-19-9-8-13-4-1-2-5-14(13)11-19/h1-2,4-5,15-16,20H,3,6-12H2,(H,18,21). The molecule has 21 heavy (non-hydrogen) atoms. The minimum atomic E-state index is -0.362. The van der Waals surface area contributed by atoms with E-state index in [1.165, 1.54) is 11.1 Å². The van der Waals surface area contributed by atoms with Gasteiger partial charge in [-0.25, -0.2) is 0 Å². The summed E-state index contributed by atoms with van der Waals surface area (Å²) in [5.41, 5.74) is 2.81. The summed E-state index contributed by atoms with van der Waals surface area (Å²) in [5, 5.41) is 13.3. The van der Waals surface area contributed by atoms with Crippen LogP contribution in [-0.2, 0) is 17.8 Å². The topological polar surface area (TPSA) is 52.6 Å². The van der Waals surface area contributed by atoms with Gasteiger partial charge in [0.25, 0.3) is 0 Å². The van der Waals surface area contributed by atoms with Gasteiger partial charge in [0.2, 0.25) is 5.91 Å². The van der Waals surface area contributed by atoms with E-state index in [4.69, 9.17) is 0 Å². The predicted octanol–water partition coefficient (Wildman–Crippen LogP) is 1.46. The Morgan fingerprint density at radius 3 is 2.90 bits per heavy atom. The Hall–Kier alpha value is -1.39. The van der Waals surface area contributed by atoms with Gasteiger partial charge in [-0.05, 0) is 36.8 Å². The van der Waals surface area contributed by atoms with Crippen molar-refractivity contribution in [3.05, 3.63) is 35.4 Å². The number of benzene rings is 1. The van der Waals surface area contributed by atoms with E-state index in [0.29, 0.717) is 19.4 Å². The lowest BCUT2D eigenvalue weighted by atomic mass is 9.97. The van der Waals surface area contributed by atoms with Gasteiger partial charge in [0, 0.05) is 32.1 Å². The molecule has 0 saturated carbocycles. The first-order valence-electron chi connectivity index (χ1n) is 7.97. The molecule has 2 aliphatic heterocycles. The number of amides is 1. The molecule has 114 valence electrons. The molecule has 2 heterocycles. The van der Waals surface area contributed by atoms with E-state index >= 15 is 0 Å². The first kappa shape index (κ1) is 14.5. The average Bonchev–Trinajstić information content (AvgIpc) is 2.47. The molecule has 2 N–H and O–H groups in total. The molecule has 3 rings (SSSR count). The molecule has 2 aliphatic rings. The average molecular weight is 288 g/mol. The largest absolute Gasteiger partial charge is 0.392 e. The summed E-state index contributed by atoms with van der Waals surface area (Å²) in [4.78, 5) is 13.7. The molecule has 1 fully saturated rings. The molecule has 2 atom stereocenters. The van der Waals surface area contributed by atoms with E-state index in [1.54, 1.807) is 0 Å². The molecule has 2 unspecified atom stereocenters. The highest BCUT2D eigenvalue weighted by molar-refractivity contribution is 5.76. The molecular formula is C17H24N2O2. The van der Waals surface area contributed by atoms with E-state index in [-0.39, 0.29) is 18.1 Å². The van der Waals surface area contributed by atoms with Crippen molar-refractivity contribution < 1.29 is 9.90 Å². The van der Waals surface area contributed by atoms with Crippen LogP contribution in [0, 0.1) is 0 Å². The number of nitrogens with zero attached hydrogens (tertiary/aromatic N) is 1. The number of fused-ring (bicyclic) bond motifs is 1. The van der Waals surface area contributed by atoms with Crippen molar-refractivity contribution in [1.82, 2.24) is 10.2 Å². The van der Waals surface area contributed by atoms with Crippen LogP contribution in [0.2, 0.25) is 0 Å². The van der Waals surface area contributed by atoms with Gasteiger partial charge < -0.3 is 10.4 Å². The molecule has 4 heteroatoms. The molecule has 0 spiro atoms. The second kappa shape index (κ2) is 6.58. The fraction of sp³-hybridized carbons (Fsp3) is 0.588. The lowest BCUT2D eigenvalue weighted by molar-refractivity contribution is -0.123. The van der Waals surface area contributed by atoms with Crippen molar-refractivity contribution in [1.29, 1.82) is 0 Å². The zero-order chi connectivity index (χ0) is 14.7. The van der Waals surface area contributed by atoms with Crippen LogP contribution in [0.25, 0.3) is 0 Å². The van der Waals surface area contributed by atoms with Crippen molar-refractivity contribution in [2.24, 2.45) is 0 Å². The number of aliphatic hydroxyl groups excluding tert-OH is 1. The van der Waals surface area contributed by atoms with Crippen LogP contribution in [0.1, 0.15) is 36.8 Å². The Labute approximate surface area is 126 Å². The first-order chi connectivity index (χ1) is 10.2. The summed E-state index contributed by atoms with van der Waals surface area (Å²) < 4.78 is 0. The van der Waals surface area contributed by atoms with Crippen molar-refractivity contribution >= 4 is 5.91 Å². The van der Waals surface area contributed by atoms with Crippen molar-refractivity contribution in [2.45, 2.75) is 50.8 Å². The van der Waals surface area contributed by atoms with Gasteiger partial charge in [0.1, 0.15) is 0 Å². The third-order valence-electron chi connectivity index (χ3n) is 4.56. The number of nitrogens with one attached hydrogen (secondary N) is 1. The highest BCUT2D eigenvalue weighted by Gasteiger charge is 2.23. The van der Waals surface area contributed by atoms with Crippen molar-refractivity contribution in [2.75, 3.05) is 13.1 Å². The maximum absolute atomic E-state index is 11.4. The van der Waals surface area contributed by atoms with Crippen LogP contribution in [0.3, 0.4) is 0 Å². The molecular weight excluding hydrogens is 264 g/mol. The predicted molar refractivity (Wildman–Crippen MR) is 81.8 cm³/mol. The van der Waals surface area contributed by atoms with Crippen LogP contribution >= 0.6 is 0 Å². The normalized spacial score (nSPS) is 24.2. The smallest absolute Gasteiger partial charge is 0.220 e. The summed E-state index contributed by atoms with van der Waals surface area (Å²) in [6.45, 7) is 2.62. The van der Waals surface area contributed by atoms with Gasteiger partial charge in [-0.15, -0.1) is 0 Å². The Bertz CT molecular complexity index is 503. The second-order valence-corrected chi connectivity index (χ2v) is 6.30. The monoisotopic (exact) mass is 288 g/mol. The Morgan fingerprint density at radius 2 is 2.10 bits per heavy atom. The van der Waals surface area contributed by atoms with E-state index in [1.807, 2.05) is 0 Å². The highest BCUT2D eigenvalue weighted by atomic mass is 16.3. The van der Waals surface area contributed by atoms with Crippen molar-refractivity contribution in [3.8, 4) is 0 Å². The minimum Gasteiger partial charge on any atom is -0.392 e. The quantitative estimate of drug-likeness (QED) is 0.882. The second-order valence-electron chi connectivity index (χ2n) is 6.30. The number of aliphatic hydroxyl groups is 1. The maximum atomic E-state index is 11.4. The summed E-state index contributed by atoms with van der Waals surface area (Å²) in [6, 6.07) is 8.69. The lowest BCUT2D eigenvalue weighted by Crippen LogP contribution is -2.43. The van der Waals surface area contributed by atoms with Crippen LogP contribution in [-0.4, -0.2) is 41.1 Å². The fourth-order valence-electron chi connectivity index (χ4n) is 3.47. The molecule has 1 aromatic rings. The zero-order valence-electron chi connectivity index (χ0n) is 12.4. The van der Waals surface area contributed by atoms with E-state index in [0.717, 1.165) is 32.4 Å². The first-order valence-corrected chi connectivity index (χ1v) is 7.97. The molecule has 0 aromatic heterocycles. The number of hydrogen-bond acceptors (Lipinski definition) is 3. The third kappa shape index (κ3) is 3.83. The molecule has 1 saturated heterocycles. The maximum Gasteiger partial charge on any atom is 0.220 e. The third-order valence-corrected chi connectivity index (χ3v) is 4.56. The van der Waals surface area contributed by atoms with Gasteiger partial charge in [-0.2, -0.15) is 0 Å². The number of carbonyl (C=O) groups is 1. The summed E-state index contributed by atoms with van der Waals surface area (Å²) in [7, 11) is 0.